The van der Waals surface area contributed by atoms with Crippen LogP contribution in [0.3, 0.4) is 0 Å². The Morgan fingerprint density at radius 3 is 2.89 bits per heavy atom. The summed E-state index contributed by atoms with van der Waals surface area (Å²) in [6.07, 6.45) is 4.04. The number of aromatic nitrogens is 1. The Bertz CT molecular complexity index is 463. The van der Waals surface area contributed by atoms with Gasteiger partial charge in [0.1, 0.15) is 0 Å². The molecular weight excluding hydrogens is 312 g/mol. The average Bonchev–Trinajstić information content (AvgIpc) is 2.90. The molecule has 19 heavy (non-hydrogen) atoms. The summed E-state index contributed by atoms with van der Waals surface area (Å²) in [6, 6.07) is 1.82. The van der Waals surface area contributed by atoms with Crippen molar-refractivity contribution in [1.82, 2.24) is 9.88 Å². The van der Waals surface area contributed by atoms with E-state index in [0.717, 1.165) is 13.1 Å². The van der Waals surface area contributed by atoms with Crippen molar-refractivity contribution in [3.8, 4) is 0 Å². The van der Waals surface area contributed by atoms with Crippen LogP contribution in [0.25, 0.3) is 0 Å². The summed E-state index contributed by atoms with van der Waals surface area (Å²) in [4.78, 5) is 17.0. The normalized spacial score (nSPS) is 17.4. The fourth-order valence-electron chi connectivity index (χ4n) is 2.26. The lowest BCUT2D eigenvalue weighted by Crippen LogP contribution is -2.35. The van der Waals surface area contributed by atoms with Gasteiger partial charge in [0, 0.05) is 29.3 Å². The Hall–Kier alpha value is -1.21. The molecule has 1 aliphatic rings. The van der Waals surface area contributed by atoms with E-state index >= 15 is 0 Å². The monoisotopic (exact) mass is 328 g/mol. The van der Waals surface area contributed by atoms with Crippen LogP contribution >= 0.6 is 15.9 Å². The fraction of sp³-hybridized carbons (Fsp3) is 0.583. The molecule has 2 heterocycles. The van der Waals surface area contributed by atoms with Crippen molar-refractivity contribution in [2.75, 3.05) is 25.0 Å². The zero-order valence-electron chi connectivity index (χ0n) is 10.8. The highest BCUT2D eigenvalue weighted by Gasteiger charge is 2.20. The third kappa shape index (κ3) is 3.63. The maximum atomic E-state index is 11.0. The number of anilines is 1. The highest BCUT2D eigenvalue weighted by molar-refractivity contribution is 9.10. The maximum Gasteiger partial charge on any atom is 0.312 e. The summed E-state index contributed by atoms with van der Waals surface area (Å²) in [7, 11) is 0. The second-order valence-electron chi connectivity index (χ2n) is 4.75. The lowest BCUT2D eigenvalue weighted by atomic mass is 10.3. The summed E-state index contributed by atoms with van der Waals surface area (Å²) in [5, 5.41) is 14.1. The Morgan fingerprint density at radius 1 is 1.58 bits per heavy atom. The molecule has 7 heteroatoms. The third-order valence-electron chi connectivity index (χ3n) is 3.36. The molecule has 0 bridgehead atoms. The molecule has 0 saturated carbocycles. The Balaban J connectivity index is 2.00. The SMILES string of the molecule is CC(CNc1ncc(Br)cc1[N+](=O)[O-])N1CCCC1. The van der Waals surface area contributed by atoms with Crippen LogP contribution in [0, 0.1) is 10.1 Å². The van der Waals surface area contributed by atoms with Crippen LogP contribution in [0.1, 0.15) is 19.8 Å². The Labute approximate surface area is 120 Å². The second kappa shape index (κ2) is 6.29. The maximum absolute atomic E-state index is 11.0. The third-order valence-corrected chi connectivity index (χ3v) is 3.79. The van der Waals surface area contributed by atoms with Crippen LogP contribution in [-0.4, -0.2) is 40.5 Å². The van der Waals surface area contributed by atoms with Crippen molar-refractivity contribution in [3.63, 3.8) is 0 Å². The van der Waals surface area contributed by atoms with Crippen molar-refractivity contribution in [2.24, 2.45) is 0 Å². The summed E-state index contributed by atoms with van der Waals surface area (Å²) in [5.41, 5.74) is 0.00277. The molecule has 1 atom stereocenters. The van der Waals surface area contributed by atoms with Crippen LogP contribution in [0.5, 0.6) is 0 Å². The van der Waals surface area contributed by atoms with Crippen molar-refractivity contribution >= 4 is 27.4 Å². The predicted octanol–water partition coefficient (Wildman–Crippen LogP) is 2.65. The second-order valence-corrected chi connectivity index (χ2v) is 5.67. The molecule has 1 aromatic heterocycles. The number of rotatable bonds is 5. The van der Waals surface area contributed by atoms with Gasteiger partial charge in [-0.25, -0.2) is 4.98 Å². The van der Waals surface area contributed by atoms with Gasteiger partial charge in [-0.1, -0.05) is 0 Å². The molecule has 0 aliphatic carbocycles. The van der Waals surface area contributed by atoms with Crippen LogP contribution in [0.2, 0.25) is 0 Å². The van der Waals surface area contributed by atoms with Gasteiger partial charge in [-0.3, -0.25) is 15.0 Å². The molecule has 1 saturated heterocycles. The van der Waals surface area contributed by atoms with E-state index in [1.807, 2.05) is 0 Å². The number of nitro groups is 1. The number of pyridine rings is 1. The zero-order chi connectivity index (χ0) is 13.8. The zero-order valence-corrected chi connectivity index (χ0v) is 12.4. The van der Waals surface area contributed by atoms with Crippen molar-refractivity contribution in [3.05, 3.63) is 26.9 Å². The molecule has 1 unspecified atom stereocenters. The van der Waals surface area contributed by atoms with Gasteiger partial charge < -0.3 is 5.32 Å². The van der Waals surface area contributed by atoms with Crippen LogP contribution < -0.4 is 5.32 Å². The van der Waals surface area contributed by atoms with Gasteiger partial charge in [-0.05, 0) is 48.8 Å². The van der Waals surface area contributed by atoms with Gasteiger partial charge >= 0.3 is 5.69 Å². The van der Waals surface area contributed by atoms with E-state index in [4.69, 9.17) is 0 Å². The molecule has 0 radical (unpaired) electrons. The number of hydrogen-bond donors (Lipinski definition) is 1. The molecule has 1 aliphatic heterocycles. The van der Waals surface area contributed by atoms with Crippen LogP contribution in [0.15, 0.2) is 16.7 Å². The minimum atomic E-state index is -0.416. The van der Waals surface area contributed by atoms with Crippen LogP contribution in [-0.2, 0) is 0 Å². The van der Waals surface area contributed by atoms with Crippen molar-refractivity contribution in [1.29, 1.82) is 0 Å². The van der Waals surface area contributed by atoms with E-state index in [2.05, 4.69) is 38.1 Å². The summed E-state index contributed by atoms with van der Waals surface area (Å²) < 4.78 is 0.609. The van der Waals surface area contributed by atoms with Crippen LogP contribution in [0.4, 0.5) is 11.5 Å². The molecule has 0 spiro atoms. The van der Waals surface area contributed by atoms with Gasteiger partial charge in [0.05, 0.1) is 4.92 Å². The number of likely N-dealkylation sites (tertiary alicyclic amines) is 1. The van der Waals surface area contributed by atoms with Gasteiger partial charge in [0.25, 0.3) is 0 Å². The number of halogens is 1. The largest absolute Gasteiger partial charge is 0.363 e. The first-order valence-corrected chi connectivity index (χ1v) is 7.15. The first kappa shape index (κ1) is 14.2. The quantitative estimate of drug-likeness (QED) is 0.664. The Morgan fingerprint density at radius 2 is 2.26 bits per heavy atom. The summed E-state index contributed by atoms with van der Waals surface area (Å²) in [5.74, 6) is 0.333. The van der Waals surface area contributed by atoms with Gasteiger partial charge in [-0.2, -0.15) is 0 Å². The molecule has 1 N–H and O–H groups in total. The van der Waals surface area contributed by atoms with Gasteiger partial charge in [-0.15, -0.1) is 0 Å². The predicted molar refractivity (Wildman–Crippen MR) is 77.4 cm³/mol. The van der Waals surface area contributed by atoms with Gasteiger partial charge in [0.2, 0.25) is 5.82 Å². The van der Waals surface area contributed by atoms with Crippen molar-refractivity contribution in [2.45, 2.75) is 25.8 Å². The van der Waals surface area contributed by atoms with Gasteiger partial charge in [0.15, 0.2) is 0 Å². The highest BCUT2D eigenvalue weighted by Crippen LogP contribution is 2.25. The highest BCUT2D eigenvalue weighted by atomic mass is 79.9. The molecule has 1 aromatic rings. The van der Waals surface area contributed by atoms with E-state index < -0.39 is 4.92 Å². The standard InChI is InChI=1S/C12H17BrN4O2/c1-9(16-4-2-3-5-16)7-14-12-11(17(18)19)6-10(13)8-15-12/h6,8-9H,2-5,7H2,1H3,(H,14,15). The minimum Gasteiger partial charge on any atom is -0.363 e. The van der Waals surface area contributed by atoms with E-state index in [-0.39, 0.29) is 5.69 Å². The summed E-state index contributed by atoms with van der Waals surface area (Å²) in [6.45, 7) is 5.01. The summed E-state index contributed by atoms with van der Waals surface area (Å²) >= 11 is 3.20. The Kier molecular flexibility index (Phi) is 4.71. The minimum absolute atomic E-state index is 0.00277. The van der Waals surface area contributed by atoms with E-state index in [9.17, 15) is 10.1 Å². The number of nitrogens with one attached hydrogen (secondary N) is 1. The topological polar surface area (TPSA) is 71.3 Å². The molecule has 104 valence electrons. The van der Waals surface area contributed by atoms with E-state index in [1.54, 1.807) is 6.20 Å². The molecule has 1 fully saturated rings. The smallest absolute Gasteiger partial charge is 0.312 e. The molecule has 0 amide bonds. The lowest BCUT2D eigenvalue weighted by molar-refractivity contribution is -0.384. The number of hydrogen-bond acceptors (Lipinski definition) is 5. The fourth-order valence-corrected chi connectivity index (χ4v) is 2.58. The van der Waals surface area contributed by atoms with E-state index in [0.29, 0.717) is 22.9 Å². The molecule has 6 nitrogen and oxygen atoms in total. The average molecular weight is 329 g/mol. The molecule has 0 aromatic carbocycles. The lowest BCUT2D eigenvalue weighted by Gasteiger charge is -2.23. The molecular formula is C12H17BrN4O2. The number of nitrogens with zero attached hydrogens (tertiary/aromatic N) is 3. The first-order valence-electron chi connectivity index (χ1n) is 6.36. The molecule has 2 rings (SSSR count). The first-order chi connectivity index (χ1) is 9.08. The van der Waals surface area contributed by atoms with Crippen molar-refractivity contribution < 1.29 is 4.92 Å². The van der Waals surface area contributed by atoms with E-state index in [1.165, 1.54) is 18.9 Å².